The van der Waals surface area contributed by atoms with Crippen molar-refractivity contribution in [3.63, 3.8) is 0 Å². The van der Waals surface area contributed by atoms with Gasteiger partial charge in [-0.2, -0.15) is 0 Å². The predicted molar refractivity (Wildman–Crippen MR) is 174 cm³/mol. The fraction of sp³-hybridized carbons (Fsp3) is 0.424. The van der Waals surface area contributed by atoms with Crippen LogP contribution in [0.3, 0.4) is 0 Å². The zero-order valence-corrected chi connectivity index (χ0v) is 26.3. The Morgan fingerprint density at radius 1 is 1.04 bits per heavy atom. The van der Waals surface area contributed by atoms with Crippen LogP contribution in [0, 0.1) is 11.8 Å². The highest BCUT2D eigenvalue weighted by molar-refractivity contribution is 7.86. The molecule has 5 heterocycles. The number of rotatable bonds is 13. The van der Waals surface area contributed by atoms with Gasteiger partial charge in [-0.3, -0.25) is 14.4 Å². The number of H-pyrrole nitrogens is 1. The van der Waals surface area contributed by atoms with Gasteiger partial charge in [-0.1, -0.05) is 26.2 Å². The number of carboxylic acid groups (broad SMARTS) is 2. The number of nitrogens with one attached hydrogen (secondary N) is 4. The van der Waals surface area contributed by atoms with E-state index in [0.29, 0.717) is 51.0 Å². The number of aliphatic hydroxyl groups is 2. The number of carboxylic acids is 2. The monoisotopic (exact) mass is 637 g/mol. The zero-order chi connectivity index (χ0) is 32.6. The maximum Gasteiger partial charge on any atom is 0.303 e. The van der Waals surface area contributed by atoms with Gasteiger partial charge in [0.25, 0.3) is 0 Å². The summed E-state index contributed by atoms with van der Waals surface area (Å²) in [5, 5.41) is 49.8. The molecule has 0 aliphatic carbocycles. The highest BCUT2D eigenvalue weighted by atomic mass is 32.2. The largest absolute Gasteiger partial charge is 0.494 e. The van der Waals surface area contributed by atoms with Crippen LogP contribution < -0.4 is 16.0 Å². The first-order chi connectivity index (χ1) is 21.4. The van der Waals surface area contributed by atoms with E-state index in [-0.39, 0.29) is 68.0 Å². The third kappa shape index (κ3) is 6.62. The van der Waals surface area contributed by atoms with Crippen LogP contribution in [0.4, 0.5) is 0 Å². The number of hydrogen-bond donors (Lipinski definition) is 8. The second-order valence-corrected chi connectivity index (χ2v) is 13.4. The van der Waals surface area contributed by atoms with Gasteiger partial charge in [-0.25, -0.2) is 0 Å². The molecule has 4 aliphatic heterocycles. The third-order valence-corrected chi connectivity index (χ3v) is 10.4. The second-order valence-electron chi connectivity index (χ2n) is 12.0. The second kappa shape index (κ2) is 13.1. The van der Waals surface area contributed by atoms with Crippen molar-refractivity contribution in [2.45, 2.75) is 69.9 Å². The van der Waals surface area contributed by atoms with Crippen molar-refractivity contribution in [2.24, 2.45) is 11.8 Å². The van der Waals surface area contributed by atoms with Crippen molar-refractivity contribution in [1.82, 2.24) is 20.9 Å². The highest BCUT2D eigenvalue weighted by Crippen LogP contribution is 2.39. The van der Waals surface area contributed by atoms with Crippen LogP contribution in [-0.2, 0) is 39.2 Å². The van der Waals surface area contributed by atoms with Crippen molar-refractivity contribution in [3.8, 4) is 0 Å². The fourth-order valence-corrected chi connectivity index (χ4v) is 7.66. The fourth-order valence-electron chi connectivity index (χ4n) is 6.67. The summed E-state index contributed by atoms with van der Waals surface area (Å²) < 4.78 is 0. The number of aliphatic carboxylic acids is 2. The molecule has 5 rings (SSSR count). The van der Waals surface area contributed by atoms with Crippen LogP contribution in [0.2, 0.25) is 0 Å². The van der Waals surface area contributed by atoms with Gasteiger partial charge in [0.1, 0.15) is 0 Å². The van der Waals surface area contributed by atoms with Gasteiger partial charge in [-0.05, 0) is 72.4 Å². The highest BCUT2D eigenvalue weighted by Gasteiger charge is 2.52. The van der Waals surface area contributed by atoms with Crippen LogP contribution in [0.15, 0.2) is 58.8 Å². The zero-order valence-electron chi connectivity index (χ0n) is 25.4. The van der Waals surface area contributed by atoms with Crippen molar-refractivity contribution >= 4 is 41.8 Å². The van der Waals surface area contributed by atoms with Gasteiger partial charge in [-0.15, -0.1) is 0 Å². The number of carbonyl (C=O) groups excluding carboxylic acids is 1. The molecule has 2 fully saturated rings. The molecule has 0 aromatic carbocycles. The van der Waals surface area contributed by atoms with E-state index >= 15 is 0 Å². The van der Waals surface area contributed by atoms with E-state index in [1.54, 1.807) is 6.08 Å². The molecular formula is C33H41N4O7S+. The number of allylic oxidation sites excluding steroid dienone is 3. The topological polar surface area (TPSA) is 184 Å². The number of aliphatic hydroxyl groups excluding tert-OH is 2. The first-order valence-electron chi connectivity index (χ1n) is 15.1. The Balaban J connectivity index is 1.52. The standard InChI is InChI=1S/C33H40N4O7S/c1-5-18-15(2)23(36-33(18)44)10-22-16(3)19(6-8-29(39)40)24(34-22)11-25-20(7-9-30(41)42)21(13-38)26(35-25)12-27-31(28-14-45-28)17(4)32(43)37-27/h5,11-12,17,22-23,28,31,34-36,38,44H,1-2,6-10,13-14H2,3-4H3,(H,37,43)(H,39,40)(H,41,42)/p+1/b24-11-,27-12-/t17-,22?,23-,28-,31-/m1/s1. The number of thiol groups is 1. The summed E-state index contributed by atoms with van der Waals surface area (Å²) in [6.07, 6.45) is 6.01. The lowest BCUT2D eigenvalue weighted by Gasteiger charge is -2.20. The van der Waals surface area contributed by atoms with E-state index in [9.17, 15) is 34.8 Å². The minimum absolute atomic E-state index is 0.0189. The predicted octanol–water partition coefficient (Wildman–Crippen LogP) is 2.81. The third-order valence-electron chi connectivity index (χ3n) is 9.26. The molecule has 0 spiro atoms. The summed E-state index contributed by atoms with van der Waals surface area (Å²) in [5.74, 6) is -0.988. The minimum Gasteiger partial charge on any atom is -0.494 e. The van der Waals surface area contributed by atoms with E-state index in [1.807, 2.05) is 26.0 Å². The molecule has 4 aliphatic rings. The number of carbonyl (C=O) groups is 3. The lowest BCUT2D eigenvalue weighted by Crippen LogP contribution is -2.34. The molecule has 0 radical (unpaired) electrons. The summed E-state index contributed by atoms with van der Waals surface area (Å²) in [6.45, 7) is 11.4. The van der Waals surface area contributed by atoms with Crippen molar-refractivity contribution in [3.05, 3.63) is 81.3 Å². The van der Waals surface area contributed by atoms with E-state index < -0.39 is 11.9 Å². The molecule has 2 saturated heterocycles. The normalized spacial score (nSPS) is 27.8. The summed E-state index contributed by atoms with van der Waals surface area (Å²) in [7, 11) is 0. The SMILES string of the molecule is C=CC1=C(O)N[C@H](CC2N/C(=C\c3[nH]c(/C=C4\NC(=O)[C@H](C)[C@H]4[C@H]4C[SH+]4)c(CO)c3CCC(=O)O)C(CCC(=O)O)=C2C)C1=C. The number of aromatic amines is 1. The molecule has 11 nitrogen and oxygen atoms in total. The molecule has 1 aromatic rings. The summed E-state index contributed by atoms with van der Waals surface area (Å²) >= 11 is 1.31. The van der Waals surface area contributed by atoms with Crippen molar-refractivity contribution < 1.29 is 34.8 Å². The maximum absolute atomic E-state index is 12.6. The number of amides is 1. The van der Waals surface area contributed by atoms with Gasteiger partial charge in [0.05, 0.1) is 18.6 Å². The Labute approximate surface area is 265 Å². The van der Waals surface area contributed by atoms with Crippen LogP contribution in [0.25, 0.3) is 12.2 Å². The minimum atomic E-state index is -0.972. The van der Waals surface area contributed by atoms with Crippen LogP contribution in [0.1, 0.15) is 62.0 Å². The van der Waals surface area contributed by atoms with Gasteiger partial charge in [0.15, 0.2) is 16.9 Å². The van der Waals surface area contributed by atoms with E-state index in [0.717, 1.165) is 22.6 Å². The maximum atomic E-state index is 12.6. The van der Waals surface area contributed by atoms with Gasteiger partial charge in [0.2, 0.25) is 5.91 Å². The van der Waals surface area contributed by atoms with Crippen LogP contribution in [-0.4, -0.2) is 66.3 Å². The Morgan fingerprint density at radius 3 is 2.31 bits per heavy atom. The first kappa shape index (κ1) is 32.2. The number of aromatic nitrogens is 1. The quantitative estimate of drug-likeness (QED) is 0.0916. The smallest absolute Gasteiger partial charge is 0.303 e. The molecule has 1 amide bonds. The van der Waals surface area contributed by atoms with Crippen LogP contribution in [0.5, 0.6) is 0 Å². The van der Waals surface area contributed by atoms with Gasteiger partial charge in [0, 0.05) is 58.7 Å². The Morgan fingerprint density at radius 2 is 1.71 bits per heavy atom. The molecule has 5 atom stereocenters. The molecule has 240 valence electrons. The van der Waals surface area contributed by atoms with Crippen molar-refractivity contribution in [1.29, 1.82) is 0 Å². The summed E-state index contributed by atoms with van der Waals surface area (Å²) in [5.41, 5.74) is 6.96. The van der Waals surface area contributed by atoms with E-state index in [4.69, 9.17) is 0 Å². The molecule has 12 heteroatoms. The first-order valence-corrected chi connectivity index (χ1v) is 16.2. The average Bonchev–Trinajstić information content (AvgIpc) is 3.53. The number of hydrogen-bond acceptors (Lipinski definition) is 7. The van der Waals surface area contributed by atoms with Crippen molar-refractivity contribution in [2.75, 3.05) is 5.75 Å². The van der Waals surface area contributed by atoms with E-state index in [2.05, 4.69) is 34.1 Å². The molecule has 0 saturated carbocycles. The summed E-state index contributed by atoms with van der Waals surface area (Å²) in [4.78, 5) is 39.1. The molecule has 1 aromatic heterocycles. The molecular weight excluding hydrogens is 596 g/mol. The lowest BCUT2D eigenvalue weighted by molar-refractivity contribution is -0.138. The lowest BCUT2D eigenvalue weighted by atomic mass is 9.91. The Kier molecular flexibility index (Phi) is 9.36. The van der Waals surface area contributed by atoms with E-state index in [1.165, 1.54) is 11.8 Å². The van der Waals surface area contributed by atoms with Gasteiger partial charge >= 0.3 is 11.9 Å². The Bertz CT molecular complexity index is 1580. The Hall–Kier alpha value is -4.16. The molecule has 8 N–H and O–H groups in total. The van der Waals surface area contributed by atoms with Crippen LogP contribution >= 0.6 is 0 Å². The molecule has 45 heavy (non-hydrogen) atoms. The molecule has 1 unspecified atom stereocenters. The summed E-state index contributed by atoms with van der Waals surface area (Å²) in [6, 6.07) is -0.458. The average molecular weight is 638 g/mol. The van der Waals surface area contributed by atoms with Gasteiger partial charge < -0.3 is 41.4 Å². The molecule has 0 bridgehead atoms.